The SMILES string of the molecule is CCNC(=O)c1cccc(NC(=O)COC(=O)c2oc3ccc(F)cc3c2C)c1. The van der Waals surface area contributed by atoms with Gasteiger partial charge < -0.3 is 19.8 Å². The van der Waals surface area contributed by atoms with E-state index in [2.05, 4.69) is 10.6 Å². The molecule has 0 saturated heterocycles. The molecule has 2 amide bonds. The molecule has 3 aromatic rings. The van der Waals surface area contributed by atoms with Crippen molar-refractivity contribution < 1.29 is 27.9 Å². The summed E-state index contributed by atoms with van der Waals surface area (Å²) in [5.41, 5.74) is 1.57. The smallest absolute Gasteiger partial charge is 0.375 e. The van der Waals surface area contributed by atoms with Crippen LogP contribution in [0.5, 0.6) is 0 Å². The topological polar surface area (TPSA) is 97.6 Å². The van der Waals surface area contributed by atoms with Gasteiger partial charge in [0.15, 0.2) is 6.61 Å². The highest BCUT2D eigenvalue weighted by atomic mass is 19.1. The van der Waals surface area contributed by atoms with Gasteiger partial charge in [-0.2, -0.15) is 0 Å². The van der Waals surface area contributed by atoms with E-state index >= 15 is 0 Å². The van der Waals surface area contributed by atoms with Crippen LogP contribution in [0.1, 0.15) is 33.4 Å². The number of furan rings is 1. The maximum Gasteiger partial charge on any atom is 0.375 e. The van der Waals surface area contributed by atoms with Crippen molar-refractivity contribution in [3.63, 3.8) is 0 Å². The predicted molar refractivity (Wildman–Crippen MR) is 104 cm³/mol. The second-order valence-electron chi connectivity index (χ2n) is 6.26. The average molecular weight is 398 g/mol. The largest absolute Gasteiger partial charge is 0.450 e. The van der Waals surface area contributed by atoms with Crippen molar-refractivity contribution in [2.75, 3.05) is 18.5 Å². The predicted octanol–water partition coefficient (Wildman–Crippen LogP) is 3.43. The molecule has 0 aliphatic heterocycles. The molecule has 0 atom stereocenters. The number of benzene rings is 2. The molecule has 0 aliphatic rings. The van der Waals surface area contributed by atoms with Crippen LogP contribution < -0.4 is 10.6 Å². The molecule has 3 rings (SSSR count). The van der Waals surface area contributed by atoms with E-state index in [1.165, 1.54) is 24.3 Å². The van der Waals surface area contributed by atoms with Gasteiger partial charge in [-0.15, -0.1) is 0 Å². The van der Waals surface area contributed by atoms with Crippen LogP contribution in [-0.4, -0.2) is 30.9 Å². The third-order valence-electron chi connectivity index (χ3n) is 4.16. The third kappa shape index (κ3) is 4.60. The molecule has 0 unspecified atom stereocenters. The minimum Gasteiger partial charge on any atom is -0.450 e. The molecule has 0 radical (unpaired) electrons. The normalized spacial score (nSPS) is 10.6. The molecule has 0 bridgehead atoms. The third-order valence-corrected chi connectivity index (χ3v) is 4.16. The molecule has 29 heavy (non-hydrogen) atoms. The molecule has 1 aromatic heterocycles. The van der Waals surface area contributed by atoms with Gasteiger partial charge in [0.1, 0.15) is 11.4 Å². The molecule has 2 N–H and O–H groups in total. The van der Waals surface area contributed by atoms with Crippen LogP contribution in [0.25, 0.3) is 11.0 Å². The lowest BCUT2D eigenvalue weighted by molar-refractivity contribution is -0.119. The van der Waals surface area contributed by atoms with Gasteiger partial charge in [-0.05, 0) is 50.2 Å². The minimum atomic E-state index is -0.828. The van der Waals surface area contributed by atoms with Crippen LogP contribution >= 0.6 is 0 Å². The van der Waals surface area contributed by atoms with Crippen molar-refractivity contribution in [2.45, 2.75) is 13.8 Å². The fourth-order valence-electron chi connectivity index (χ4n) is 2.78. The molecule has 7 nitrogen and oxygen atoms in total. The summed E-state index contributed by atoms with van der Waals surface area (Å²) < 4.78 is 23.8. The van der Waals surface area contributed by atoms with E-state index in [-0.39, 0.29) is 11.7 Å². The van der Waals surface area contributed by atoms with E-state index in [4.69, 9.17) is 9.15 Å². The minimum absolute atomic E-state index is 0.0864. The summed E-state index contributed by atoms with van der Waals surface area (Å²) in [6, 6.07) is 10.3. The van der Waals surface area contributed by atoms with Gasteiger partial charge in [-0.3, -0.25) is 9.59 Å². The molecule has 0 aliphatic carbocycles. The Bertz CT molecular complexity index is 1090. The molecule has 0 saturated carbocycles. The lowest BCUT2D eigenvalue weighted by Crippen LogP contribution is -2.23. The maximum atomic E-state index is 13.4. The van der Waals surface area contributed by atoms with E-state index in [1.54, 1.807) is 32.0 Å². The molecule has 0 spiro atoms. The lowest BCUT2D eigenvalue weighted by atomic mass is 10.1. The first-order valence-corrected chi connectivity index (χ1v) is 8.93. The molecular formula is C21H19FN2O5. The summed E-state index contributed by atoms with van der Waals surface area (Å²) in [6.45, 7) is 3.35. The lowest BCUT2D eigenvalue weighted by Gasteiger charge is -2.08. The summed E-state index contributed by atoms with van der Waals surface area (Å²) >= 11 is 0. The number of aryl methyl sites for hydroxylation is 1. The summed E-state index contributed by atoms with van der Waals surface area (Å²) in [7, 11) is 0. The van der Waals surface area contributed by atoms with Crippen molar-refractivity contribution in [3.8, 4) is 0 Å². The molecule has 1 heterocycles. The van der Waals surface area contributed by atoms with Gasteiger partial charge in [-0.1, -0.05) is 6.07 Å². The molecule has 150 valence electrons. The number of rotatable bonds is 6. The zero-order valence-corrected chi connectivity index (χ0v) is 15.9. The monoisotopic (exact) mass is 398 g/mol. The molecule has 8 heteroatoms. The van der Waals surface area contributed by atoms with Gasteiger partial charge in [0.25, 0.3) is 11.8 Å². The Morgan fingerprint density at radius 3 is 2.69 bits per heavy atom. The number of anilines is 1. The number of halogens is 1. The van der Waals surface area contributed by atoms with Crippen LogP contribution in [0, 0.1) is 12.7 Å². The number of carbonyl (C=O) groups is 3. The molecular weight excluding hydrogens is 379 g/mol. The standard InChI is InChI=1S/C21H19FN2O5/c1-3-23-20(26)13-5-4-6-15(9-13)24-18(25)11-28-21(27)19-12(2)16-10-14(22)7-8-17(16)29-19/h4-10H,3,11H2,1-2H3,(H,23,26)(H,24,25). The van der Waals surface area contributed by atoms with Crippen LogP contribution in [0.3, 0.4) is 0 Å². The summed E-state index contributed by atoms with van der Waals surface area (Å²) in [5, 5.41) is 5.69. The number of fused-ring (bicyclic) bond motifs is 1. The van der Waals surface area contributed by atoms with Crippen molar-refractivity contribution in [1.29, 1.82) is 0 Å². The van der Waals surface area contributed by atoms with E-state index in [0.29, 0.717) is 34.3 Å². The van der Waals surface area contributed by atoms with Crippen LogP contribution in [-0.2, 0) is 9.53 Å². The highest BCUT2D eigenvalue weighted by molar-refractivity contribution is 5.99. The highest BCUT2D eigenvalue weighted by Crippen LogP contribution is 2.26. The number of hydrogen-bond acceptors (Lipinski definition) is 5. The first-order chi connectivity index (χ1) is 13.9. The van der Waals surface area contributed by atoms with E-state index < -0.39 is 24.3 Å². The summed E-state index contributed by atoms with van der Waals surface area (Å²) in [4.78, 5) is 36.2. The Morgan fingerprint density at radius 2 is 1.93 bits per heavy atom. The van der Waals surface area contributed by atoms with E-state index in [1.807, 2.05) is 0 Å². The van der Waals surface area contributed by atoms with Crippen LogP contribution in [0.2, 0.25) is 0 Å². The number of esters is 1. The van der Waals surface area contributed by atoms with E-state index in [9.17, 15) is 18.8 Å². The molecule has 0 fully saturated rings. The van der Waals surface area contributed by atoms with Gasteiger partial charge >= 0.3 is 5.97 Å². The molecule has 2 aromatic carbocycles. The summed E-state index contributed by atoms with van der Waals surface area (Å²) in [5.74, 6) is -2.20. The number of carbonyl (C=O) groups excluding carboxylic acids is 3. The fourth-order valence-corrected chi connectivity index (χ4v) is 2.78. The Labute approximate surface area is 165 Å². The average Bonchev–Trinajstić information content (AvgIpc) is 3.03. The van der Waals surface area contributed by atoms with Gasteiger partial charge in [0.2, 0.25) is 5.76 Å². The Balaban J connectivity index is 1.62. The fraction of sp³-hybridized carbons (Fsp3) is 0.190. The number of amides is 2. The highest BCUT2D eigenvalue weighted by Gasteiger charge is 2.20. The zero-order chi connectivity index (χ0) is 21.0. The van der Waals surface area contributed by atoms with Crippen molar-refractivity contribution in [1.82, 2.24) is 5.32 Å². The Hall–Kier alpha value is -3.68. The van der Waals surface area contributed by atoms with E-state index in [0.717, 1.165) is 0 Å². The van der Waals surface area contributed by atoms with Gasteiger partial charge in [-0.25, -0.2) is 9.18 Å². The number of ether oxygens (including phenoxy) is 1. The first kappa shape index (κ1) is 20.1. The van der Waals surface area contributed by atoms with Gasteiger partial charge in [0.05, 0.1) is 0 Å². The van der Waals surface area contributed by atoms with Gasteiger partial charge in [0, 0.05) is 28.7 Å². The Kier molecular flexibility index (Phi) is 5.92. The van der Waals surface area contributed by atoms with Crippen molar-refractivity contribution in [2.24, 2.45) is 0 Å². The Morgan fingerprint density at radius 1 is 1.14 bits per heavy atom. The van der Waals surface area contributed by atoms with Crippen LogP contribution in [0.4, 0.5) is 10.1 Å². The number of hydrogen-bond donors (Lipinski definition) is 2. The van der Waals surface area contributed by atoms with Crippen molar-refractivity contribution >= 4 is 34.4 Å². The van der Waals surface area contributed by atoms with Crippen molar-refractivity contribution in [3.05, 3.63) is 65.2 Å². The summed E-state index contributed by atoms with van der Waals surface area (Å²) in [6.07, 6.45) is 0. The maximum absolute atomic E-state index is 13.4. The first-order valence-electron chi connectivity index (χ1n) is 8.93. The zero-order valence-electron chi connectivity index (χ0n) is 15.9. The quantitative estimate of drug-likeness (QED) is 0.620. The van der Waals surface area contributed by atoms with Crippen LogP contribution in [0.15, 0.2) is 46.9 Å². The number of nitrogens with one attached hydrogen (secondary N) is 2. The second kappa shape index (κ2) is 8.55. The second-order valence-corrected chi connectivity index (χ2v) is 6.26.